The van der Waals surface area contributed by atoms with Crippen LogP contribution in [0.5, 0.6) is 0 Å². The molecule has 1 aliphatic rings. The number of piperidine rings is 1. The molecule has 168 valence electrons. The molecule has 0 spiro atoms. The first-order valence-electron chi connectivity index (χ1n) is 10.8. The van der Waals surface area contributed by atoms with Gasteiger partial charge in [0.25, 0.3) is 0 Å². The van der Waals surface area contributed by atoms with Crippen LogP contribution in [0, 0.1) is 25.6 Å². The van der Waals surface area contributed by atoms with E-state index in [1.54, 1.807) is 0 Å². The zero-order valence-electron chi connectivity index (χ0n) is 18.4. The van der Waals surface area contributed by atoms with E-state index in [-0.39, 0.29) is 29.4 Å². The zero-order chi connectivity index (χ0) is 22.6. The van der Waals surface area contributed by atoms with Crippen molar-refractivity contribution >= 4 is 15.9 Å². The first-order valence-corrected chi connectivity index (χ1v) is 12.4. The average molecular weight is 447 g/mol. The van der Waals surface area contributed by atoms with Gasteiger partial charge in [-0.3, -0.25) is 4.79 Å². The molecule has 0 radical (unpaired) electrons. The van der Waals surface area contributed by atoms with E-state index in [4.69, 9.17) is 0 Å². The SMILES string of the molecule is CC[C@H](NC(=O)C1CCN(S(=O)(=O)Cc2ccc(F)cc2)CC1)c1ccc(C)cc1C. The molecule has 2 aromatic carbocycles. The minimum Gasteiger partial charge on any atom is -0.349 e. The second-order valence-corrected chi connectivity index (χ2v) is 10.4. The molecule has 0 bridgehead atoms. The van der Waals surface area contributed by atoms with Crippen LogP contribution in [0.4, 0.5) is 4.39 Å². The molecule has 0 aromatic heterocycles. The van der Waals surface area contributed by atoms with Crippen LogP contribution in [0.3, 0.4) is 0 Å². The second kappa shape index (κ2) is 9.92. The number of nitrogens with one attached hydrogen (secondary N) is 1. The first-order chi connectivity index (χ1) is 14.7. The zero-order valence-corrected chi connectivity index (χ0v) is 19.2. The van der Waals surface area contributed by atoms with Crippen LogP contribution >= 0.6 is 0 Å². The molecule has 7 heteroatoms. The highest BCUT2D eigenvalue weighted by atomic mass is 32.2. The van der Waals surface area contributed by atoms with E-state index < -0.39 is 10.0 Å². The Morgan fingerprint density at radius 1 is 1.13 bits per heavy atom. The van der Waals surface area contributed by atoms with E-state index in [9.17, 15) is 17.6 Å². The molecule has 0 unspecified atom stereocenters. The number of benzene rings is 2. The third-order valence-electron chi connectivity index (χ3n) is 6.01. The molecule has 2 aromatic rings. The van der Waals surface area contributed by atoms with Crippen molar-refractivity contribution in [2.24, 2.45) is 5.92 Å². The van der Waals surface area contributed by atoms with Gasteiger partial charge in [0.05, 0.1) is 11.8 Å². The van der Waals surface area contributed by atoms with E-state index >= 15 is 0 Å². The van der Waals surface area contributed by atoms with Crippen LogP contribution in [0.15, 0.2) is 42.5 Å². The van der Waals surface area contributed by atoms with Crippen molar-refractivity contribution < 1.29 is 17.6 Å². The number of hydrogen-bond acceptors (Lipinski definition) is 3. The maximum Gasteiger partial charge on any atom is 0.223 e. The van der Waals surface area contributed by atoms with Crippen LogP contribution in [-0.4, -0.2) is 31.7 Å². The number of carbonyl (C=O) groups is 1. The molecule has 3 rings (SSSR count). The third-order valence-corrected chi connectivity index (χ3v) is 7.86. The lowest BCUT2D eigenvalue weighted by Gasteiger charge is -2.31. The standard InChI is InChI=1S/C24H31FN2O3S/c1-4-23(22-10-5-17(2)15-18(22)3)26-24(28)20-11-13-27(14-12-20)31(29,30)16-19-6-8-21(25)9-7-19/h5-10,15,20,23H,4,11-14,16H2,1-3H3,(H,26,28)/t23-/m0/s1. The topological polar surface area (TPSA) is 66.5 Å². The summed E-state index contributed by atoms with van der Waals surface area (Å²) in [7, 11) is -3.50. The van der Waals surface area contributed by atoms with Crippen LogP contribution in [-0.2, 0) is 20.6 Å². The summed E-state index contributed by atoms with van der Waals surface area (Å²) < 4.78 is 39.9. The summed E-state index contributed by atoms with van der Waals surface area (Å²) >= 11 is 0. The van der Waals surface area contributed by atoms with Crippen LogP contribution < -0.4 is 5.32 Å². The average Bonchev–Trinajstić information content (AvgIpc) is 2.74. The first kappa shape index (κ1) is 23.4. The molecule has 1 atom stereocenters. The Hall–Kier alpha value is -2.25. The summed E-state index contributed by atoms with van der Waals surface area (Å²) in [5, 5.41) is 3.17. The molecule has 1 heterocycles. The number of hydrogen-bond donors (Lipinski definition) is 1. The maximum atomic E-state index is 13.1. The van der Waals surface area contributed by atoms with Crippen molar-refractivity contribution in [3.63, 3.8) is 0 Å². The van der Waals surface area contributed by atoms with Gasteiger partial charge in [0.2, 0.25) is 15.9 Å². The fourth-order valence-corrected chi connectivity index (χ4v) is 5.75. The predicted molar refractivity (Wildman–Crippen MR) is 120 cm³/mol. The lowest BCUT2D eigenvalue weighted by atomic mass is 9.94. The number of rotatable bonds is 7. The normalized spacial score (nSPS) is 16.8. The Morgan fingerprint density at radius 3 is 2.35 bits per heavy atom. The molecule has 1 amide bonds. The molecule has 31 heavy (non-hydrogen) atoms. The van der Waals surface area contributed by atoms with Gasteiger partial charge in [0.1, 0.15) is 5.82 Å². The molecule has 0 aliphatic carbocycles. The third kappa shape index (κ3) is 5.92. The largest absolute Gasteiger partial charge is 0.349 e. The van der Waals surface area contributed by atoms with Gasteiger partial charge in [-0.1, -0.05) is 42.8 Å². The highest BCUT2D eigenvalue weighted by Gasteiger charge is 2.32. The van der Waals surface area contributed by atoms with Gasteiger partial charge in [-0.15, -0.1) is 0 Å². The van der Waals surface area contributed by atoms with Gasteiger partial charge in [-0.05, 0) is 61.9 Å². The Morgan fingerprint density at radius 2 is 1.77 bits per heavy atom. The summed E-state index contributed by atoms with van der Waals surface area (Å²) in [5.41, 5.74) is 4.03. The Labute approximate surface area is 184 Å². The number of aryl methyl sites for hydroxylation is 2. The second-order valence-electron chi connectivity index (χ2n) is 8.39. The van der Waals surface area contributed by atoms with Gasteiger partial charge < -0.3 is 5.32 Å². The van der Waals surface area contributed by atoms with Gasteiger partial charge in [-0.2, -0.15) is 0 Å². The molecule has 1 N–H and O–H groups in total. The van der Waals surface area contributed by atoms with Gasteiger partial charge in [0.15, 0.2) is 0 Å². The molecule has 1 fully saturated rings. The fraction of sp³-hybridized carbons (Fsp3) is 0.458. The van der Waals surface area contributed by atoms with Gasteiger partial charge in [-0.25, -0.2) is 17.1 Å². The van der Waals surface area contributed by atoms with E-state index in [1.807, 2.05) is 6.92 Å². The molecular weight excluding hydrogens is 415 g/mol. The molecule has 1 saturated heterocycles. The van der Waals surface area contributed by atoms with Crippen molar-refractivity contribution in [1.29, 1.82) is 0 Å². The highest BCUT2D eigenvalue weighted by Crippen LogP contribution is 2.25. The smallest absolute Gasteiger partial charge is 0.223 e. The summed E-state index contributed by atoms with van der Waals surface area (Å²) in [6.07, 6.45) is 1.79. The van der Waals surface area contributed by atoms with E-state index in [2.05, 4.69) is 37.4 Å². The van der Waals surface area contributed by atoms with Crippen LogP contribution in [0.25, 0.3) is 0 Å². The van der Waals surface area contributed by atoms with E-state index in [0.717, 1.165) is 17.5 Å². The molecular formula is C24H31FN2O3S. The summed E-state index contributed by atoms with van der Waals surface area (Å²) in [4.78, 5) is 12.9. The number of sulfonamides is 1. The predicted octanol–water partition coefficient (Wildman–Crippen LogP) is 4.25. The lowest BCUT2D eigenvalue weighted by Crippen LogP contribution is -2.44. The summed E-state index contributed by atoms with van der Waals surface area (Å²) in [6.45, 7) is 6.80. The van der Waals surface area contributed by atoms with E-state index in [0.29, 0.717) is 31.5 Å². The Bertz CT molecular complexity index is 1010. The number of amides is 1. The minimum atomic E-state index is -3.50. The summed E-state index contributed by atoms with van der Waals surface area (Å²) in [6, 6.07) is 11.7. The van der Waals surface area contributed by atoms with Crippen molar-refractivity contribution in [3.8, 4) is 0 Å². The van der Waals surface area contributed by atoms with Crippen molar-refractivity contribution in [3.05, 3.63) is 70.5 Å². The number of halogens is 1. The van der Waals surface area contributed by atoms with Crippen LogP contribution in [0.2, 0.25) is 0 Å². The lowest BCUT2D eigenvalue weighted by molar-refractivity contribution is -0.126. The number of nitrogens with zero attached hydrogens (tertiary/aromatic N) is 1. The highest BCUT2D eigenvalue weighted by molar-refractivity contribution is 7.88. The van der Waals surface area contributed by atoms with Crippen molar-refractivity contribution in [2.45, 2.75) is 51.8 Å². The van der Waals surface area contributed by atoms with Gasteiger partial charge in [0, 0.05) is 19.0 Å². The Balaban J connectivity index is 1.58. The van der Waals surface area contributed by atoms with Crippen molar-refractivity contribution in [1.82, 2.24) is 9.62 Å². The monoisotopic (exact) mass is 446 g/mol. The molecule has 1 aliphatic heterocycles. The van der Waals surface area contributed by atoms with Crippen LogP contribution in [0.1, 0.15) is 54.5 Å². The molecule has 0 saturated carbocycles. The Kier molecular flexibility index (Phi) is 7.49. The molecule has 5 nitrogen and oxygen atoms in total. The van der Waals surface area contributed by atoms with Gasteiger partial charge >= 0.3 is 0 Å². The maximum absolute atomic E-state index is 13.1. The quantitative estimate of drug-likeness (QED) is 0.691. The minimum absolute atomic E-state index is 0.0117. The van der Waals surface area contributed by atoms with Crippen molar-refractivity contribution in [2.75, 3.05) is 13.1 Å². The number of carbonyl (C=O) groups excluding carboxylic acids is 1. The summed E-state index contributed by atoms with van der Waals surface area (Å²) in [5.74, 6) is -0.756. The fourth-order valence-electron chi connectivity index (χ4n) is 4.18. The van der Waals surface area contributed by atoms with E-state index in [1.165, 1.54) is 34.1 Å².